The first-order valence-corrected chi connectivity index (χ1v) is 7.97. The number of allylic oxidation sites excluding steroid dienone is 2. The maximum absolute atomic E-state index is 5.96. The normalized spacial score (nSPS) is 11.2. The van der Waals surface area contributed by atoms with Gasteiger partial charge in [0.2, 0.25) is 0 Å². The van der Waals surface area contributed by atoms with Crippen molar-refractivity contribution in [3.8, 4) is 11.5 Å². The van der Waals surface area contributed by atoms with E-state index in [0.29, 0.717) is 0 Å². The molecule has 0 amide bonds. The molecule has 0 spiro atoms. The van der Waals surface area contributed by atoms with Crippen molar-refractivity contribution in [1.82, 2.24) is 0 Å². The van der Waals surface area contributed by atoms with Gasteiger partial charge in [-0.3, -0.25) is 0 Å². The number of hydrogen-bond donors (Lipinski definition) is 0. The first-order chi connectivity index (χ1) is 10.2. The second-order valence-electron chi connectivity index (χ2n) is 4.92. The lowest BCUT2D eigenvalue weighted by molar-refractivity contribution is 0.478. The van der Waals surface area contributed by atoms with Gasteiger partial charge in [0.05, 0.1) is 0 Å². The van der Waals surface area contributed by atoms with Crippen LogP contribution in [0, 0.1) is 0 Å². The molecule has 0 unspecified atom stereocenters. The Bertz CT molecular complexity index is 629. The molecule has 2 aromatic carbocycles. The Morgan fingerprint density at radius 3 is 2.43 bits per heavy atom. The molecule has 2 heteroatoms. The molecule has 2 aromatic rings. The van der Waals surface area contributed by atoms with Crippen molar-refractivity contribution in [1.29, 1.82) is 0 Å². The van der Waals surface area contributed by atoms with Crippen LogP contribution in [-0.4, -0.2) is 0 Å². The zero-order chi connectivity index (χ0) is 15.1. The van der Waals surface area contributed by atoms with E-state index in [2.05, 4.69) is 25.0 Å². The Morgan fingerprint density at radius 2 is 1.71 bits per heavy atom. The highest BCUT2D eigenvalue weighted by Crippen LogP contribution is 2.28. The Balaban J connectivity index is 2.07. The number of para-hydroxylation sites is 2. The summed E-state index contributed by atoms with van der Waals surface area (Å²) in [5.41, 5.74) is 3.52. The molecular weight excluding hydrogens is 276 g/mol. The van der Waals surface area contributed by atoms with E-state index >= 15 is 0 Å². The van der Waals surface area contributed by atoms with Gasteiger partial charge in [-0.15, -0.1) is 11.8 Å². The van der Waals surface area contributed by atoms with E-state index in [-0.39, 0.29) is 0 Å². The summed E-state index contributed by atoms with van der Waals surface area (Å²) in [6, 6.07) is 18.0. The molecule has 0 N–H and O–H groups in total. The summed E-state index contributed by atoms with van der Waals surface area (Å²) in [7, 11) is 0. The van der Waals surface area contributed by atoms with Gasteiger partial charge in [-0.2, -0.15) is 0 Å². The number of ether oxygens (including phenoxy) is 1. The summed E-state index contributed by atoms with van der Waals surface area (Å²) in [4.78, 5) is 0. The first-order valence-electron chi connectivity index (χ1n) is 6.92. The Hall–Kier alpha value is -1.93. The average molecular weight is 296 g/mol. The van der Waals surface area contributed by atoms with Gasteiger partial charge in [-0.1, -0.05) is 48.6 Å². The van der Waals surface area contributed by atoms with Gasteiger partial charge in [0, 0.05) is 11.3 Å². The molecule has 0 saturated heterocycles. The minimum Gasteiger partial charge on any atom is -0.457 e. The van der Waals surface area contributed by atoms with Crippen LogP contribution in [0.1, 0.15) is 19.4 Å². The number of thioether (sulfide) groups is 1. The second-order valence-corrected chi connectivity index (χ2v) is 5.77. The summed E-state index contributed by atoms with van der Waals surface area (Å²) in [5.74, 6) is 2.66. The fourth-order valence-corrected chi connectivity index (χ4v) is 2.65. The molecule has 2 rings (SSSR count). The molecule has 0 bridgehead atoms. The SMILES string of the molecule is C=C(C)/C(C)=C/SCc1ccccc1Oc1ccccc1. The van der Waals surface area contributed by atoms with Gasteiger partial charge < -0.3 is 4.74 Å². The van der Waals surface area contributed by atoms with Crippen molar-refractivity contribution in [2.45, 2.75) is 19.6 Å². The molecule has 21 heavy (non-hydrogen) atoms. The number of benzene rings is 2. The molecule has 0 fully saturated rings. The predicted octanol–water partition coefficient (Wildman–Crippen LogP) is 6.19. The lowest BCUT2D eigenvalue weighted by Crippen LogP contribution is -1.89. The molecule has 0 radical (unpaired) electrons. The van der Waals surface area contributed by atoms with Gasteiger partial charge in [0.25, 0.3) is 0 Å². The first kappa shape index (κ1) is 15.5. The highest BCUT2D eigenvalue weighted by molar-refractivity contribution is 8.01. The van der Waals surface area contributed by atoms with Crippen LogP contribution >= 0.6 is 11.8 Å². The summed E-state index contributed by atoms with van der Waals surface area (Å²) in [6.45, 7) is 8.06. The third-order valence-electron chi connectivity index (χ3n) is 3.12. The van der Waals surface area contributed by atoms with E-state index in [4.69, 9.17) is 4.74 Å². The van der Waals surface area contributed by atoms with Crippen LogP contribution in [0.3, 0.4) is 0 Å². The van der Waals surface area contributed by atoms with Crippen LogP contribution in [0.25, 0.3) is 0 Å². The molecular formula is C19H20OS. The van der Waals surface area contributed by atoms with E-state index < -0.39 is 0 Å². The molecule has 0 aliphatic rings. The minimum atomic E-state index is 0.864. The zero-order valence-corrected chi connectivity index (χ0v) is 13.3. The summed E-state index contributed by atoms with van der Waals surface area (Å²) >= 11 is 1.76. The second kappa shape index (κ2) is 7.75. The molecule has 0 aliphatic heterocycles. The zero-order valence-electron chi connectivity index (χ0n) is 12.5. The third kappa shape index (κ3) is 4.83. The number of rotatable bonds is 6. The fraction of sp³-hybridized carbons (Fsp3) is 0.158. The van der Waals surface area contributed by atoms with E-state index in [9.17, 15) is 0 Å². The fourth-order valence-electron chi connectivity index (χ4n) is 1.70. The largest absolute Gasteiger partial charge is 0.457 e. The van der Waals surface area contributed by atoms with Crippen molar-refractivity contribution in [2.75, 3.05) is 0 Å². The van der Waals surface area contributed by atoms with Gasteiger partial charge in [-0.05, 0) is 43.0 Å². The van der Waals surface area contributed by atoms with Crippen LogP contribution in [0.15, 0.2) is 77.7 Å². The van der Waals surface area contributed by atoms with Gasteiger partial charge in [-0.25, -0.2) is 0 Å². The van der Waals surface area contributed by atoms with Crippen molar-refractivity contribution in [3.05, 3.63) is 83.3 Å². The monoisotopic (exact) mass is 296 g/mol. The van der Waals surface area contributed by atoms with Crippen LogP contribution in [-0.2, 0) is 5.75 Å². The summed E-state index contributed by atoms with van der Waals surface area (Å²) in [5, 5.41) is 2.15. The van der Waals surface area contributed by atoms with Crippen molar-refractivity contribution >= 4 is 11.8 Å². The van der Waals surface area contributed by atoms with Crippen molar-refractivity contribution < 1.29 is 4.74 Å². The van der Waals surface area contributed by atoms with E-state index in [1.807, 2.05) is 55.5 Å². The smallest absolute Gasteiger partial charge is 0.131 e. The Morgan fingerprint density at radius 1 is 1.05 bits per heavy atom. The van der Waals surface area contributed by atoms with Crippen molar-refractivity contribution in [2.24, 2.45) is 0 Å². The molecule has 1 nitrogen and oxygen atoms in total. The molecule has 108 valence electrons. The van der Waals surface area contributed by atoms with Gasteiger partial charge in [0.1, 0.15) is 11.5 Å². The third-order valence-corrected chi connectivity index (χ3v) is 4.11. The Kier molecular flexibility index (Phi) is 5.70. The molecule has 0 atom stereocenters. The standard InChI is InChI=1S/C19H20OS/c1-15(2)16(3)13-21-14-17-9-7-8-12-19(17)20-18-10-5-4-6-11-18/h4-13H,1,14H2,2-3H3/b16-13+. The topological polar surface area (TPSA) is 9.23 Å². The predicted molar refractivity (Wildman–Crippen MR) is 92.8 cm³/mol. The van der Waals surface area contributed by atoms with Crippen LogP contribution in [0.5, 0.6) is 11.5 Å². The van der Waals surface area contributed by atoms with Crippen LogP contribution in [0.2, 0.25) is 0 Å². The van der Waals surface area contributed by atoms with Gasteiger partial charge >= 0.3 is 0 Å². The maximum Gasteiger partial charge on any atom is 0.131 e. The lowest BCUT2D eigenvalue weighted by atomic mass is 10.2. The van der Waals surface area contributed by atoms with Crippen molar-refractivity contribution in [3.63, 3.8) is 0 Å². The Labute approximate surface area is 131 Å². The van der Waals surface area contributed by atoms with Crippen LogP contribution in [0.4, 0.5) is 0 Å². The quantitative estimate of drug-likeness (QED) is 0.588. The molecule has 0 heterocycles. The minimum absolute atomic E-state index is 0.864. The maximum atomic E-state index is 5.96. The average Bonchev–Trinajstić information content (AvgIpc) is 2.50. The molecule has 0 aromatic heterocycles. The van der Waals surface area contributed by atoms with Crippen LogP contribution < -0.4 is 4.74 Å². The van der Waals surface area contributed by atoms with E-state index in [0.717, 1.165) is 22.8 Å². The summed E-state index contributed by atoms with van der Waals surface area (Å²) < 4.78 is 5.96. The van der Waals surface area contributed by atoms with E-state index in [1.54, 1.807) is 11.8 Å². The highest BCUT2D eigenvalue weighted by Gasteiger charge is 2.04. The molecule has 0 aliphatic carbocycles. The highest BCUT2D eigenvalue weighted by atomic mass is 32.2. The van der Waals surface area contributed by atoms with E-state index in [1.165, 1.54) is 11.1 Å². The number of hydrogen-bond acceptors (Lipinski definition) is 2. The lowest BCUT2D eigenvalue weighted by Gasteiger charge is -2.10. The summed E-state index contributed by atoms with van der Waals surface area (Å²) in [6.07, 6.45) is 0. The van der Waals surface area contributed by atoms with Gasteiger partial charge in [0.15, 0.2) is 0 Å². The molecule has 0 saturated carbocycles.